The van der Waals surface area contributed by atoms with E-state index in [1.807, 2.05) is 28.7 Å². The number of fused-ring (bicyclic) bond motifs is 3. The molecule has 0 unspecified atom stereocenters. The first-order valence-electron chi connectivity index (χ1n) is 8.64. The van der Waals surface area contributed by atoms with Gasteiger partial charge >= 0.3 is 6.18 Å². The maximum atomic E-state index is 13.2. The lowest BCUT2D eigenvalue weighted by molar-refractivity contribution is -0.137. The van der Waals surface area contributed by atoms with E-state index in [2.05, 4.69) is 20.5 Å². The minimum atomic E-state index is -4.65. The van der Waals surface area contributed by atoms with Crippen molar-refractivity contribution in [1.29, 1.82) is 0 Å². The van der Waals surface area contributed by atoms with E-state index in [0.717, 1.165) is 29.4 Å². The molecular weight excluding hydrogens is 439 g/mol. The average molecular weight is 452 g/mol. The number of anilines is 1. The van der Waals surface area contributed by atoms with Crippen LogP contribution in [0.1, 0.15) is 11.4 Å². The fourth-order valence-corrected chi connectivity index (χ4v) is 3.91. The number of benzene rings is 2. The standard InChI is InChI=1S/C19H13ClF3N5OS/c1-10-26-27-17-18(25-14-4-2-3-5-15(14)28(10)17)30-9-16(29)24-13-7-6-11(20)8-12(13)19(21,22)23/h2-8H,9H2,1H3,(H,24,29). The van der Waals surface area contributed by atoms with Gasteiger partial charge in [-0.15, -0.1) is 10.2 Å². The van der Waals surface area contributed by atoms with E-state index in [-0.39, 0.29) is 16.5 Å². The van der Waals surface area contributed by atoms with Crippen LogP contribution in [0.5, 0.6) is 0 Å². The second kappa shape index (κ2) is 7.77. The van der Waals surface area contributed by atoms with Gasteiger partial charge in [0.05, 0.1) is 28.0 Å². The van der Waals surface area contributed by atoms with E-state index >= 15 is 0 Å². The lowest BCUT2D eigenvalue weighted by Crippen LogP contribution is -2.18. The highest BCUT2D eigenvalue weighted by Crippen LogP contribution is 2.36. The SMILES string of the molecule is Cc1nnc2c(SCC(=O)Nc3ccc(Cl)cc3C(F)(F)F)nc3ccccc3n12. The van der Waals surface area contributed by atoms with Crippen LogP contribution in [0, 0.1) is 6.92 Å². The Bertz CT molecular complexity index is 1270. The zero-order chi connectivity index (χ0) is 21.5. The topological polar surface area (TPSA) is 72.2 Å². The van der Waals surface area contributed by atoms with Crippen molar-refractivity contribution in [2.75, 3.05) is 11.1 Å². The lowest BCUT2D eigenvalue weighted by Gasteiger charge is -2.14. The van der Waals surface area contributed by atoms with Crippen molar-refractivity contribution in [1.82, 2.24) is 19.6 Å². The summed E-state index contributed by atoms with van der Waals surface area (Å²) in [5.41, 5.74) is 0.624. The quantitative estimate of drug-likeness (QED) is 0.443. The first-order chi connectivity index (χ1) is 14.2. The number of nitrogens with zero attached hydrogens (tertiary/aromatic N) is 4. The first-order valence-corrected chi connectivity index (χ1v) is 10.0. The van der Waals surface area contributed by atoms with E-state index in [1.165, 1.54) is 6.07 Å². The van der Waals surface area contributed by atoms with Gasteiger partial charge in [-0.2, -0.15) is 13.2 Å². The molecule has 0 radical (unpaired) electrons. The molecule has 1 N–H and O–H groups in total. The molecule has 6 nitrogen and oxygen atoms in total. The molecule has 0 aliphatic heterocycles. The van der Waals surface area contributed by atoms with Gasteiger partial charge in [-0.05, 0) is 37.3 Å². The van der Waals surface area contributed by atoms with Crippen molar-refractivity contribution < 1.29 is 18.0 Å². The van der Waals surface area contributed by atoms with Gasteiger partial charge in [-0.3, -0.25) is 9.20 Å². The van der Waals surface area contributed by atoms with Gasteiger partial charge in [0.1, 0.15) is 10.9 Å². The number of amides is 1. The number of carbonyl (C=O) groups is 1. The number of hydrogen-bond donors (Lipinski definition) is 1. The Morgan fingerprint density at radius 2 is 1.97 bits per heavy atom. The van der Waals surface area contributed by atoms with Gasteiger partial charge in [0.2, 0.25) is 5.91 Å². The van der Waals surface area contributed by atoms with E-state index in [0.29, 0.717) is 22.0 Å². The molecule has 2 aromatic heterocycles. The number of rotatable bonds is 4. The molecule has 1 amide bonds. The summed E-state index contributed by atoms with van der Waals surface area (Å²) in [6.07, 6.45) is -4.65. The van der Waals surface area contributed by atoms with Gasteiger partial charge in [0.25, 0.3) is 0 Å². The van der Waals surface area contributed by atoms with Crippen LogP contribution >= 0.6 is 23.4 Å². The Morgan fingerprint density at radius 3 is 2.73 bits per heavy atom. The van der Waals surface area contributed by atoms with Crippen LogP contribution in [0.3, 0.4) is 0 Å². The number of carbonyl (C=O) groups excluding carboxylic acids is 1. The summed E-state index contributed by atoms with van der Waals surface area (Å²) in [7, 11) is 0. The van der Waals surface area contributed by atoms with Crippen molar-refractivity contribution in [3.8, 4) is 0 Å². The monoisotopic (exact) mass is 451 g/mol. The molecule has 4 rings (SSSR count). The molecule has 0 fully saturated rings. The second-order valence-corrected chi connectivity index (χ2v) is 7.74. The van der Waals surface area contributed by atoms with Gasteiger partial charge in [-0.25, -0.2) is 4.98 Å². The third kappa shape index (κ3) is 3.92. The van der Waals surface area contributed by atoms with Crippen LogP contribution in [-0.2, 0) is 11.0 Å². The summed E-state index contributed by atoms with van der Waals surface area (Å²) in [6.45, 7) is 1.80. The largest absolute Gasteiger partial charge is 0.418 e. The molecule has 0 saturated carbocycles. The smallest absolute Gasteiger partial charge is 0.325 e. The number of alkyl halides is 3. The Kier molecular flexibility index (Phi) is 5.29. The van der Waals surface area contributed by atoms with Crippen LogP contribution in [0.25, 0.3) is 16.7 Å². The van der Waals surface area contributed by atoms with Gasteiger partial charge < -0.3 is 5.32 Å². The number of para-hydroxylation sites is 2. The van der Waals surface area contributed by atoms with E-state index in [1.54, 1.807) is 6.92 Å². The minimum Gasteiger partial charge on any atom is -0.325 e. The summed E-state index contributed by atoms with van der Waals surface area (Å²) in [4.78, 5) is 16.9. The number of aromatic nitrogens is 4. The zero-order valence-electron chi connectivity index (χ0n) is 15.4. The van der Waals surface area contributed by atoms with Crippen LogP contribution in [-0.4, -0.2) is 31.2 Å². The van der Waals surface area contributed by atoms with Crippen molar-refractivity contribution in [2.45, 2.75) is 18.1 Å². The third-order valence-corrected chi connectivity index (χ3v) is 5.45. The van der Waals surface area contributed by atoms with Crippen molar-refractivity contribution >= 4 is 51.6 Å². The normalized spacial score (nSPS) is 11.9. The molecule has 154 valence electrons. The molecule has 2 aromatic carbocycles. The van der Waals surface area contributed by atoms with Crippen molar-refractivity contribution in [3.05, 3.63) is 58.9 Å². The molecule has 30 heavy (non-hydrogen) atoms. The summed E-state index contributed by atoms with van der Waals surface area (Å²) < 4.78 is 41.5. The number of halogens is 4. The van der Waals surface area contributed by atoms with E-state index in [9.17, 15) is 18.0 Å². The lowest BCUT2D eigenvalue weighted by atomic mass is 10.1. The summed E-state index contributed by atoms with van der Waals surface area (Å²) >= 11 is 6.73. The van der Waals surface area contributed by atoms with Gasteiger partial charge in [0, 0.05) is 5.02 Å². The van der Waals surface area contributed by atoms with Crippen molar-refractivity contribution in [2.24, 2.45) is 0 Å². The number of thioether (sulfide) groups is 1. The van der Waals surface area contributed by atoms with Crippen LogP contribution < -0.4 is 5.32 Å². The van der Waals surface area contributed by atoms with Crippen molar-refractivity contribution in [3.63, 3.8) is 0 Å². The van der Waals surface area contributed by atoms with Crippen LogP contribution in [0.4, 0.5) is 18.9 Å². The predicted molar refractivity (Wildman–Crippen MR) is 109 cm³/mol. The molecule has 0 spiro atoms. The second-order valence-electron chi connectivity index (χ2n) is 6.34. The predicted octanol–water partition coefficient (Wildman–Crippen LogP) is 4.99. The fourth-order valence-electron chi connectivity index (χ4n) is 2.97. The summed E-state index contributed by atoms with van der Waals surface area (Å²) in [5, 5.41) is 10.9. The Labute approximate surface area is 177 Å². The number of aryl methyl sites for hydroxylation is 1. The van der Waals surface area contributed by atoms with Gasteiger partial charge in [-0.1, -0.05) is 35.5 Å². The third-order valence-electron chi connectivity index (χ3n) is 4.26. The highest BCUT2D eigenvalue weighted by molar-refractivity contribution is 8.00. The summed E-state index contributed by atoms with van der Waals surface area (Å²) in [5.74, 6) is -0.115. The maximum Gasteiger partial charge on any atom is 0.418 e. The first kappa shape index (κ1) is 20.4. The Balaban J connectivity index is 1.59. The number of nitrogens with one attached hydrogen (secondary N) is 1. The van der Waals surface area contributed by atoms with Crippen LogP contribution in [0.2, 0.25) is 5.02 Å². The molecule has 4 aromatic rings. The Morgan fingerprint density at radius 1 is 1.20 bits per heavy atom. The van der Waals surface area contributed by atoms with E-state index < -0.39 is 17.6 Å². The fraction of sp³-hybridized carbons (Fsp3) is 0.158. The maximum absolute atomic E-state index is 13.2. The highest BCUT2D eigenvalue weighted by Gasteiger charge is 2.34. The van der Waals surface area contributed by atoms with Gasteiger partial charge in [0.15, 0.2) is 5.65 Å². The average Bonchev–Trinajstić information content (AvgIpc) is 3.09. The molecule has 0 atom stereocenters. The molecule has 2 heterocycles. The molecular formula is C19H13ClF3N5OS. The molecule has 0 bridgehead atoms. The molecule has 11 heteroatoms. The minimum absolute atomic E-state index is 0.0698. The molecule has 0 saturated heterocycles. The zero-order valence-corrected chi connectivity index (χ0v) is 16.9. The van der Waals surface area contributed by atoms with E-state index in [4.69, 9.17) is 11.6 Å². The highest BCUT2D eigenvalue weighted by atomic mass is 35.5. The number of hydrogen-bond acceptors (Lipinski definition) is 5. The van der Waals surface area contributed by atoms with Crippen LogP contribution in [0.15, 0.2) is 47.5 Å². The molecule has 0 aliphatic rings. The Hall–Kier alpha value is -2.85. The summed E-state index contributed by atoms with van der Waals surface area (Å²) in [6, 6.07) is 10.6. The molecule has 0 aliphatic carbocycles.